The Labute approximate surface area is 217 Å². The van der Waals surface area contributed by atoms with E-state index in [0.29, 0.717) is 47.1 Å². The van der Waals surface area contributed by atoms with Crippen molar-refractivity contribution in [1.29, 1.82) is 0 Å². The first-order chi connectivity index (χ1) is 17.9. The van der Waals surface area contributed by atoms with Gasteiger partial charge in [0.2, 0.25) is 0 Å². The van der Waals surface area contributed by atoms with E-state index in [1.165, 1.54) is 19.5 Å². The number of aliphatic carboxylic acids is 1. The largest absolute Gasteiger partial charge is 0.493 e. The Kier molecular flexibility index (Phi) is 6.86. The number of methoxy groups -OCH3 is 2. The van der Waals surface area contributed by atoms with Crippen molar-refractivity contribution in [2.75, 3.05) is 14.2 Å². The number of carbonyl (C=O) groups is 1. The van der Waals surface area contributed by atoms with Gasteiger partial charge in [-0.3, -0.25) is 4.79 Å². The average molecular weight is 527 g/mol. The van der Waals surface area contributed by atoms with Gasteiger partial charge in [-0.15, -0.1) is 0 Å². The maximum atomic E-state index is 15.5. The van der Waals surface area contributed by atoms with Crippen molar-refractivity contribution in [3.8, 4) is 17.2 Å². The summed E-state index contributed by atoms with van der Waals surface area (Å²) < 4.78 is 36.7. The Morgan fingerprint density at radius 1 is 1.19 bits per heavy atom. The predicted octanol–water partition coefficient (Wildman–Crippen LogP) is 4.76. The fourth-order valence-corrected chi connectivity index (χ4v) is 4.98. The Balaban J connectivity index is 1.61. The van der Waals surface area contributed by atoms with Gasteiger partial charge < -0.3 is 23.9 Å². The molecule has 1 aliphatic heterocycles. The SMILES string of the molecule is COc1cccc([C@H]2O[C@H](CCn3ncnc3CC(=O)O)c3cccn3-c3c(F)cc(Cl)cc32)c1OC. The second-order valence-corrected chi connectivity index (χ2v) is 8.91. The van der Waals surface area contributed by atoms with Gasteiger partial charge in [0, 0.05) is 28.9 Å². The third kappa shape index (κ3) is 4.65. The van der Waals surface area contributed by atoms with Crippen LogP contribution in [0.5, 0.6) is 11.5 Å². The molecule has 1 aliphatic rings. The van der Waals surface area contributed by atoms with E-state index in [2.05, 4.69) is 10.1 Å². The lowest BCUT2D eigenvalue weighted by molar-refractivity contribution is -0.136. The van der Waals surface area contributed by atoms with E-state index < -0.39 is 24.0 Å². The van der Waals surface area contributed by atoms with Crippen LogP contribution in [-0.2, 0) is 22.5 Å². The lowest BCUT2D eigenvalue weighted by Crippen LogP contribution is -2.16. The highest BCUT2D eigenvalue weighted by Crippen LogP contribution is 2.47. The number of hydrogen-bond acceptors (Lipinski definition) is 6. The molecular formula is C26H24ClFN4O5. The summed E-state index contributed by atoms with van der Waals surface area (Å²) in [5, 5.41) is 13.6. The smallest absolute Gasteiger partial charge is 0.311 e. The summed E-state index contributed by atoms with van der Waals surface area (Å²) in [5.74, 6) is -0.179. The van der Waals surface area contributed by atoms with E-state index in [-0.39, 0.29) is 11.4 Å². The highest BCUT2D eigenvalue weighted by Gasteiger charge is 2.34. The summed E-state index contributed by atoms with van der Waals surface area (Å²) in [6.07, 6.45) is 1.98. The molecule has 0 amide bonds. The average Bonchev–Trinajstić information content (AvgIpc) is 3.50. The number of benzene rings is 2. The van der Waals surface area contributed by atoms with Crippen LogP contribution >= 0.6 is 11.6 Å². The summed E-state index contributed by atoms with van der Waals surface area (Å²) >= 11 is 6.32. The van der Waals surface area contributed by atoms with E-state index in [4.69, 9.17) is 25.8 Å². The van der Waals surface area contributed by atoms with Gasteiger partial charge in [0.15, 0.2) is 11.5 Å². The summed E-state index contributed by atoms with van der Waals surface area (Å²) in [5.41, 5.74) is 2.23. The molecule has 0 saturated carbocycles. The monoisotopic (exact) mass is 526 g/mol. The molecule has 0 saturated heterocycles. The van der Waals surface area contributed by atoms with Crippen molar-refractivity contribution < 1.29 is 28.5 Å². The number of carboxylic acids is 1. The maximum Gasteiger partial charge on any atom is 0.311 e. The molecule has 4 aromatic rings. The molecule has 192 valence electrons. The van der Waals surface area contributed by atoms with Crippen LogP contribution in [0, 0.1) is 5.82 Å². The Hall–Kier alpha value is -3.89. The number of nitrogens with zero attached hydrogens (tertiary/aromatic N) is 4. The van der Waals surface area contributed by atoms with E-state index in [1.807, 2.05) is 24.3 Å². The van der Waals surface area contributed by atoms with Crippen molar-refractivity contribution in [1.82, 2.24) is 19.3 Å². The molecule has 0 bridgehead atoms. The number of aryl methyl sites for hydroxylation is 1. The number of halogens is 2. The van der Waals surface area contributed by atoms with Gasteiger partial charge in [0.1, 0.15) is 36.6 Å². The number of hydrogen-bond donors (Lipinski definition) is 1. The van der Waals surface area contributed by atoms with Gasteiger partial charge in [-0.25, -0.2) is 14.1 Å². The summed E-state index contributed by atoms with van der Waals surface area (Å²) in [4.78, 5) is 15.3. The van der Waals surface area contributed by atoms with E-state index in [9.17, 15) is 9.90 Å². The maximum absolute atomic E-state index is 15.5. The molecule has 5 rings (SSSR count). The van der Waals surface area contributed by atoms with Crippen LogP contribution in [0.3, 0.4) is 0 Å². The molecule has 2 atom stereocenters. The second-order valence-electron chi connectivity index (χ2n) is 8.47. The van der Waals surface area contributed by atoms with Crippen LogP contribution in [0.4, 0.5) is 4.39 Å². The number of para-hydroxylation sites is 1. The minimum Gasteiger partial charge on any atom is -0.493 e. The summed E-state index contributed by atoms with van der Waals surface area (Å²) in [6.45, 7) is 0.333. The Morgan fingerprint density at radius 3 is 2.78 bits per heavy atom. The molecule has 11 heteroatoms. The standard InChI is InChI=1S/C26H24ClFN4O5/c1-35-21-7-3-5-16(26(21)36-2)25-17-11-15(27)12-18(28)24(17)31-9-4-6-19(31)20(37-25)8-10-32-22(13-23(33)34)29-14-30-32/h3-7,9,11-12,14,20,25H,8,10,13H2,1-2H3,(H,33,34)/t20-,25-/m1/s1. The molecular weight excluding hydrogens is 503 g/mol. The molecule has 2 aromatic carbocycles. The van der Waals surface area contributed by atoms with E-state index >= 15 is 4.39 Å². The molecule has 9 nitrogen and oxygen atoms in total. The van der Waals surface area contributed by atoms with Gasteiger partial charge in [0.25, 0.3) is 0 Å². The lowest BCUT2D eigenvalue weighted by Gasteiger charge is -2.25. The zero-order valence-electron chi connectivity index (χ0n) is 20.1. The van der Waals surface area contributed by atoms with Gasteiger partial charge in [-0.05, 0) is 36.8 Å². The van der Waals surface area contributed by atoms with Gasteiger partial charge in [-0.2, -0.15) is 5.10 Å². The minimum absolute atomic E-state index is 0.236. The van der Waals surface area contributed by atoms with Crippen molar-refractivity contribution in [3.63, 3.8) is 0 Å². The summed E-state index contributed by atoms with van der Waals surface area (Å²) in [6, 6.07) is 12.1. The molecule has 0 unspecified atom stereocenters. The lowest BCUT2D eigenvalue weighted by atomic mass is 9.98. The molecule has 3 heterocycles. The van der Waals surface area contributed by atoms with Crippen LogP contribution in [-0.4, -0.2) is 44.6 Å². The second kappa shape index (κ2) is 10.2. The van der Waals surface area contributed by atoms with Crippen molar-refractivity contribution in [2.24, 2.45) is 0 Å². The van der Waals surface area contributed by atoms with Crippen LogP contribution in [0.2, 0.25) is 5.02 Å². The van der Waals surface area contributed by atoms with E-state index in [1.54, 1.807) is 34.7 Å². The first kappa shape index (κ1) is 24.8. The third-order valence-corrected chi connectivity index (χ3v) is 6.53. The molecule has 0 spiro atoms. The van der Waals surface area contributed by atoms with Crippen molar-refractivity contribution in [2.45, 2.75) is 31.6 Å². The molecule has 2 aromatic heterocycles. The highest BCUT2D eigenvalue weighted by atomic mass is 35.5. The first-order valence-electron chi connectivity index (χ1n) is 11.5. The topological polar surface area (TPSA) is 101 Å². The predicted molar refractivity (Wildman–Crippen MR) is 132 cm³/mol. The molecule has 37 heavy (non-hydrogen) atoms. The number of ether oxygens (including phenoxy) is 3. The molecule has 0 fully saturated rings. The Morgan fingerprint density at radius 2 is 2.03 bits per heavy atom. The van der Waals surface area contributed by atoms with Crippen LogP contribution in [0.1, 0.15) is 41.3 Å². The van der Waals surface area contributed by atoms with Gasteiger partial charge >= 0.3 is 5.97 Å². The van der Waals surface area contributed by atoms with Crippen molar-refractivity contribution >= 4 is 17.6 Å². The highest BCUT2D eigenvalue weighted by molar-refractivity contribution is 6.30. The number of carboxylic acid groups (broad SMARTS) is 1. The van der Waals surface area contributed by atoms with Crippen LogP contribution < -0.4 is 9.47 Å². The van der Waals surface area contributed by atoms with Crippen LogP contribution in [0.15, 0.2) is 55.0 Å². The fraction of sp³-hybridized carbons (Fsp3) is 0.269. The minimum atomic E-state index is -0.998. The van der Waals surface area contributed by atoms with Gasteiger partial charge in [0.05, 0.1) is 25.6 Å². The van der Waals surface area contributed by atoms with E-state index in [0.717, 1.165) is 5.69 Å². The number of rotatable bonds is 8. The number of aromatic nitrogens is 4. The molecule has 1 N–H and O–H groups in total. The fourth-order valence-electron chi connectivity index (χ4n) is 4.77. The van der Waals surface area contributed by atoms with Crippen molar-refractivity contribution in [3.05, 3.63) is 88.5 Å². The molecule has 0 radical (unpaired) electrons. The van der Waals surface area contributed by atoms with Gasteiger partial charge in [-0.1, -0.05) is 23.7 Å². The normalized spacial score (nSPS) is 16.5. The molecule has 0 aliphatic carbocycles. The Bertz CT molecular complexity index is 1450. The van der Waals surface area contributed by atoms with Crippen LogP contribution in [0.25, 0.3) is 5.69 Å². The number of fused-ring (bicyclic) bond motifs is 3. The first-order valence-corrected chi connectivity index (χ1v) is 11.9. The summed E-state index contributed by atoms with van der Waals surface area (Å²) in [7, 11) is 3.08. The quantitative estimate of drug-likeness (QED) is 0.353. The zero-order valence-corrected chi connectivity index (χ0v) is 20.9. The third-order valence-electron chi connectivity index (χ3n) is 6.32. The zero-order chi connectivity index (χ0) is 26.1.